The van der Waals surface area contributed by atoms with Crippen LogP contribution in [0, 0.1) is 0 Å². The minimum absolute atomic E-state index is 0.0238. The molecule has 1 unspecified atom stereocenters. The van der Waals surface area contributed by atoms with Gasteiger partial charge in [0.15, 0.2) is 0 Å². The average Bonchev–Trinajstić information content (AvgIpc) is 3.02. The number of rotatable bonds is 15. The standard InChI is InChI=1S/C18H18O6.C16H14O6/c19-16(20)7-4-8-17(23-14-5-2-1-3-6-14)24-15-11-9-13(10-12-15)18(21)22;1-10(21-13-6-2-11(3-7-13)15(17)18)22-14-8-4-12(5-9-14)16(19)20/h1-3,5-6,9-12,17H,4,7-8H2,(H,19,20)(H,21,22);2-10H,1H3,(H,17,18)(H,19,20). The lowest BCUT2D eigenvalue weighted by atomic mass is 10.2. The zero-order chi connectivity index (χ0) is 33.5. The fraction of sp³-hybridized carbons (Fsp3) is 0.176. The summed E-state index contributed by atoms with van der Waals surface area (Å²) in [6.45, 7) is 1.68. The molecule has 0 saturated heterocycles. The van der Waals surface area contributed by atoms with Crippen LogP contribution in [0.15, 0.2) is 103 Å². The number of hydrogen-bond acceptors (Lipinski definition) is 8. The van der Waals surface area contributed by atoms with Gasteiger partial charge in [0.25, 0.3) is 0 Å². The largest absolute Gasteiger partial charge is 0.481 e. The van der Waals surface area contributed by atoms with Crippen molar-refractivity contribution in [2.24, 2.45) is 0 Å². The van der Waals surface area contributed by atoms with Crippen molar-refractivity contribution in [3.8, 4) is 23.0 Å². The van der Waals surface area contributed by atoms with Crippen LogP contribution in [-0.4, -0.2) is 56.9 Å². The van der Waals surface area contributed by atoms with Gasteiger partial charge in [0.1, 0.15) is 23.0 Å². The summed E-state index contributed by atoms with van der Waals surface area (Å²) in [4.78, 5) is 43.0. The van der Waals surface area contributed by atoms with Crippen LogP contribution in [0.25, 0.3) is 0 Å². The van der Waals surface area contributed by atoms with Crippen molar-refractivity contribution < 1.29 is 58.6 Å². The lowest BCUT2D eigenvalue weighted by Crippen LogP contribution is -2.24. The number of ether oxygens (including phenoxy) is 4. The summed E-state index contributed by atoms with van der Waals surface area (Å²) in [6, 6.07) is 26.9. The topological polar surface area (TPSA) is 186 Å². The van der Waals surface area contributed by atoms with E-state index in [0.29, 0.717) is 35.8 Å². The fourth-order valence-corrected chi connectivity index (χ4v) is 3.80. The van der Waals surface area contributed by atoms with Crippen LogP contribution in [0.2, 0.25) is 0 Å². The molecule has 0 saturated carbocycles. The molecule has 4 aromatic carbocycles. The number of para-hydroxylation sites is 1. The number of aliphatic carboxylic acids is 1. The molecule has 4 rings (SSSR count). The van der Waals surface area contributed by atoms with Gasteiger partial charge in [-0.3, -0.25) is 4.79 Å². The third-order valence-corrected chi connectivity index (χ3v) is 6.02. The highest BCUT2D eigenvalue weighted by Gasteiger charge is 2.14. The minimum atomic E-state index is -1.01. The van der Waals surface area contributed by atoms with E-state index < -0.39 is 36.5 Å². The van der Waals surface area contributed by atoms with E-state index in [-0.39, 0.29) is 23.1 Å². The Morgan fingerprint density at radius 2 is 0.870 bits per heavy atom. The number of carbonyl (C=O) groups is 4. The van der Waals surface area contributed by atoms with E-state index in [1.165, 1.54) is 60.7 Å². The predicted octanol–water partition coefficient (Wildman–Crippen LogP) is 6.31. The molecule has 0 radical (unpaired) electrons. The molecular weight excluding hydrogens is 600 g/mol. The molecule has 0 aliphatic rings. The SMILES string of the molecule is CC(Oc1ccc(C(=O)O)cc1)Oc1ccc(C(=O)O)cc1.O=C(O)CCCC(Oc1ccccc1)Oc1ccc(C(=O)O)cc1. The van der Waals surface area contributed by atoms with E-state index in [0.717, 1.165) is 0 Å². The maximum absolute atomic E-state index is 10.9. The van der Waals surface area contributed by atoms with Crippen molar-refractivity contribution in [2.75, 3.05) is 0 Å². The van der Waals surface area contributed by atoms with Crippen LogP contribution < -0.4 is 18.9 Å². The van der Waals surface area contributed by atoms with Gasteiger partial charge >= 0.3 is 23.9 Å². The highest BCUT2D eigenvalue weighted by atomic mass is 16.7. The lowest BCUT2D eigenvalue weighted by molar-refractivity contribution is -0.137. The molecule has 46 heavy (non-hydrogen) atoms. The summed E-state index contributed by atoms with van der Waals surface area (Å²) >= 11 is 0. The number of carboxylic acid groups (broad SMARTS) is 4. The van der Waals surface area contributed by atoms with Crippen molar-refractivity contribution in [3.63, 3.8) is 0 Å². The molecule has 240 valence electrons. The van der Waals surface area contributed by atoms with Crippen molar-refractivity contribution in [2.45, 2.75) is 38.8 Å². The Labute approximate surface area is 264 Å². The lowest BCUT2D eigenvalue weighted by Gasteiger charge is -2.20. The zero-order valence-corrected chi connectivity index (χ0v) is 24.6. The van der Waals surface area contributed by atoms with Gasteiger partial charge in [0.2, 0.25) is 12.6 Å². The van der Waals surface area contributed by atoms with Gasteiger partial charge in [-0.15, -0.1) is 0 Å². The molecule has 1 atom stereocenters. The summed E-state index contributed by atoms with van der Waals surface area (Å²) in [6.07, 6.45) is -0.466. The third-order valence-electron chi connectivity index (χ3n) is 6.02. The highest BCUT2D eigenvalue weighted by Crippen LogP contribution is 2.21. The van der Waals surface area contributed by atoms with E-state index in [1.54, 1.807) is 31.2 Å². The minimum Gasteiger partial charge on any atom is -0.481 e. The third kappa shape index (κ3) is 11.9. The van der Waals surface area contributed by atoms with Crippen LogP contribution >= 0.6 is 0 Å². The predicted molar refractivity (Wildman–Crippen MR) is 164 cm³/mol. The average molecular weight is 633 g/mol. The van der Waals surface area contributed by atoms with Crippen molar-refractivity contribution >= 4 is 23.9 Å². The Balaban J connectivity index is 0.000000251. The maximum Gasteiger partial charge on any atom is 0.335 e. The van der Waals surface area contributed by atoms with Crippen molar-refractivity contribution in [1.82, 2.24) is 0 Å². The Kier molecular flexibility index (Phi) is 13.0. The van der Waals surface area contributed by atoms with Gasteiger partial charge in [-0.25, -0.2) is 14.4 Å². The van der Waals surface area contributed by atoms with E-state index in [9.17, 15) is 19.2 Å². The second kappa shape index (κ2) is 17.3. The van der Waals surface area contributed by atoms with Gasteiger partial charge in [0, 0.05) is 19.8 Å². The summed E-state index contributed by atoms with van der Waals surface area (Å²) in [5, 5.41) is 35.3. The van der Waals surface area contributed by atoms with Crippen LogP contribution in [0.1, 0.15) is 57.3 Å². The van der Waals surface area contributed by atoms with Gasteiger partial charge in [-0.1, -0.05) is 18.2 Å². The molecule has 0 aliphatic carbocycles. The van der Waals surface area contributed by atoms with Gasteiger partial charge in [-0.2, -0.15) is 0 Å². The van der Waals surface area contributed by atoms with Gasteiger partial charge in [-0.05, 0) is 91.3 Å². The first kappa shape index (κ1) is 34.5. The fourth-order valence-electron chi connectivity index (χ4n) is 3.80. The Bertz CT molecular complexity index is 1510. The number of aromatic carboxylic acids is 3. The molecule has 0 heterocycles. The van der Waals surface area contributed by atoms with E-state index in [1.807, 2.05) is 18.2 Å². The zero-order valence-electron chi connectivity index (χ0n) is 24.6. The molecule has 4 aromatic rings. The second-order valence-electron chi connectivity index (χ2n) is 9.56. The Morgan fingerprint density at radius 3 is 1.22 bits per heavy atom. The Hall–Kier alpha value is -6.04. The summed E-state index contributed by atoms with van der Waals surface area (Å²) in [5.74, 6) is -1.89. The Morgan fingerprint density at radius 1 is 0.522 bits per heavy atom. The van der Waals surface area contributed by atoms with Gasteiger partial charge < -0.3 is 39.4 Å². The molecule has 12 nitrogen and oxygen atoms in total. The van der Waals surface area contributed by atoms with E-state index in [2.05, 4.69) is 0 Å². The monoisotopic (exact) mass is 632 g/mol. The molecule has 0 bridgehead atoms. The molecule has 0 spiro atoms. The molecule has 0 aliphatic heterocycles. The number of carboxylic acids is 4. The molecule has 0 fully saturated rings. The quantitative estimate of drug-likeness (QED) is 0.107. The summed E-state index contributed by atoms with van der Waals surface area (Å²) in [7, 11) is 0. The van der Waals surface area contributed by atoms with E-state index >= 15 is 0 Å². The molecule has 4 N–H and O–H groups in total. The molecule has 0 amide bonds. The first-order valence-electron chi connectivity index (χ1n) is 13.9. The van der Waals surface area contributed by atoms with Crippen LogP contribution in [0.5, 0.6) is 23.0 Å². The van der Waals surface area contributed by atoms with Crippen molar-refractivity contribution in [3.05, 3.63) is 120 Å². The highest BCUT2D eigenvalue weighted by molar-refractivity contribution is 5.88. The number of hydrogen-bond donors (Lipinski definition) is 4. The maximum atomic E-state index is 10.9. The smallest absolute Gasteiger partial charge is 0.335 e. The normalized spacial score (nSPS) is 10.9. The van der Waals surface area contributed by atoms with E-state index in [4.69, 9.17) is 39.4 Å². The van der Waals surface area contributed by atoms with Gasteiger partial charge in [0.05, 0.1) is 16.7 Å². The summed E-state index contributed by atoms with van der Waals surface area (Å²) in [5.41, 5.74) is 0.504. The van der Waals surface area contributed by atoms with Crippen molar-refractivity contribution in [1.29, 1.82) is 0 Å². The number of benzene rings is 4. The first-order valence-corrected chi connectivity index (χ1v) is 13.9. The van der Waals surface area contributed by atoms with Crippen LogP contribution in [-0.2, 0) is 4.79 Å². The molecular formula is C34H32O12. The molecule has 0 aromatic heterocycles. The second-order valence-corrected chi connectivity index (χ2v) is 9.56. The first-order chi connectivity index (χ1) is 22.0. The van der Waals surface area contributed by atoms with Crippen LogP contribution in [0.4, 0.5) is 0 Å². The molecule has 12 heteroatoms. The summed E-state index contributed by atoms with van der Waals surface area (Å²) < 4.78 is 22.5. The van der Waals surface area contributed by atoms with Crippen LogP contribution in [0.3, 0.4) is 0 Å².